The lowest BCUT2D eigenvalue weighted by molar-refractivity contribution is -0.141. The molecule has 5 nitrogen and oxygen atoms in total. The van der Waals surface area contributed by atoms with Gasteiger partial charge in [0.05, 0.1) is 7.11 Å². The van der Waals surface area contributed by atoms with Crippen molar-refractivity contribution in [2.45, 2.75) is 45.1 Å². The number of ketones is 1. The van der Waals surface area contributed by atoms with E-state index in [9.17, 15) is 14.7 Å². The van der Waals surface area contributed by atoms with Crippen LogP contribution in [-0.2, 0) is 19.9 Å². The fourth-order valence-corrected chi connectivity index (χ4v) is 2.71. The molecule has 1 atom stereocenters. The highest BCUT2D eigenvalue weighted by atomic mass is 16.5. The maximum Gasteiger partial charge on any atom is 0.305 e. The van der Waals surface area contributed by atoms with Gasteiger partial charge < -0.3 is 14.6 Å². The molecule has 0 bridgehead atoms. The molecule has 0 aliphatic rings. The summed E-state index contributed by atoms with van der Waals surface area (Å²) in [6.07, 6.45) is 2.21. The van der Waals surface area contributed by atoms with Crippen LogP contribution in [0.25, 0.3) is 0 Å². The molecule has 0 aromatic heterocycles. The van der Waals surface area contributed by atoms with Crippen molar-refractivity contribution in [3.63, 3.8) is 0 Å². The third-order valence-corrected chi connectivity index (χ3v) is 4.28. The number of hydrogen-bond acceptors (Lipinski definition) is 5. The number of ether oxygens (including phenoxy) is 2. The summed E-state index contributed by atoms with van der Waals surface area (Å²) in [5.41, 5.74) is -0.886. The van der Waals surface area contributed by atoms with Crippen LogP contribution in [0.3, 0.4) is 0 Å². The molecule has 0 heterocycles. The van der Waals surface area contributed by atoms with E-state index in [-0.39, 0.29) is 12.8 Å². The molecular weight excluding hydrogens is 368 g/mol. The SMILES string of the molecule is CCCOCCC.COC(=O)CCC(O)(C(=O)c1ccccc1)c1ccccc1. The molecule has 5 heteroatoms. The summed E-state index contributed by atoms with van der Waals surface area (Å²) in [7, 11) is 1.28. The van der Waals surface area contributed by atoms with Gasteiger partial charge in [-0.05, 0) is 24.8 Å². The molecule has 29 heavy (non-hydrogen) atoms. The lowest BCUT2D eigenvalue weighted by atomic mass is 9.82. The minimum Gasteiger partial charge on any atom is -0.469 e. The molecule has 0 saturated heterocycles. The average Bonchev–Trinajstić information content (AvgIpc) is 2.78. The first-order chi connectivity index (χ1) is 14.0. The van der Waals surface area contributed by atoms with E-state index in [0.29, 0.717) is 11.1 Å². The number of carbonyl (C=O) groups excluding carboxylic acids is 2. The Morgan fingerprint density at radius 1 is 0.897 bits per heavy atom. The van der Waals surface area contributed by atoms with E-state index in [0.717, 1.165) is 26.1 Å². The van der Waals surface area contributed by atoms with Gasteiger partial charge in [0, 0.05) is 25.2 Å². The minimum absolute atomic E-state index is 0.0303. The number of carbonyl (C=O) groups is 2. The number of rotatable bonds is 10. The molecule has 1 N–H and O–H groups in total. The summed E-state index contributed by atoms with van der Waals surface area (Å²) in [5, 5.41) is 11.0. The van der Waals surface area contributed by atoms with E-state index < -0.39 is 17.4 Å². The summed E-state index contributed by atoms with van der Waals surface area (Å²) in [6.45, 7) is 6.09. The molecule has 0 spiro atoms. The van der Waals surface area contributed by atoms with Gasteiger partial charge in [-0.15, -0.1) is 0 Å². The van der Waals surface area contributed by atoms with Crippen molar-refractivity contribution in [1.82, 2.24) is 0 Å². The van der Waals surface area contributed by atoms with Crippen LogP contribution in [0.1, 0.15) is 55.5 Å². The van der Waals surface area contributed by atoms with Crippen molar-refractivity contribution in [2.24, 2.45) is 0 Å². The van der Waals surface area contributed by atoms with Gasteiger partial charge in [-0.2, -0.15) is 0 Å². The van der Waals surface area contributed by atoms with Crippen LogP contribution in [0, 0.1) is 0 Å². The maximum atomic E-state index is 12.8. The number of aliphatic hydroxyl groups is 1. The van der Waals surface area contributed by atoms with Gasteiger partial charge in [-0.25, -0.2) is 0 Å². The van der Waals surface area contributed by atoms with Crippen LogP contribution >= 0.6 is 0 Å². The van der Waals surface area contributed by atoms with E-state index in [1.54, 1.807) is 60.7 Å². The molecule has 2 rings (SSSR count). The summed E-state index contributed by atoms with van der Waals surface area (Å²) in [6, 6.07) is 17.2. The first-order valence-corrected chi connectivity index (χ1v) is 10.0. The topological polar surface area (TPSA) is 72.8 Å². The second-order valence-electron chi connectivity index (χ2n) is 6.61. The monoisotopic (exact) mass is 400 g/mol. The summed E-state index contributed by atoms with van der Waals surface area (Å²) in [4.78, 5) is 24.2. The van der Waals surface area contributed by atoms with Crippen LogP contribution < -0.4 is 0 Å². The number of benzene rings is 2. The zero-order valence-electron chi connectivity index (χ0n) is 17.6. The third-order valence-electron chi connectivity index (χ3n) is 4.28. The van der Waals surface area contributed by atoms with E-state index in [4.69, 9.17) is 4.74 Å². The van der Waals surface area contributed by atoms with Gasteiger partial charge in [-0.1, -0.05) is 74.5 Å². The van der Waals surface area contributed by atoms with Gasteiger partial charge in [0.25, 0.3) is 0 Å². The Bertz CT molecular complexity index is 711. The Morgan fingerprint density at radius 3 is 1.90 bits per heavy atom. The molecule has 158 valence electrons. The summed E-state index contributed by atoms with van der Waals surface area (Å²) < 4.78 is 9.74. The molecule has 0 aliphatic carbocycles. The second kappa shape index (κ2) is 13.6. The van der Waals surface area contributed by atoms with Gasteiger partial charge >= 0.3 is 5.97 Å². The second-order valence-corrected chi connectivity index (χ2v) is 6.61. The van der Waals surface area contributed by atoms with Crippen LogP contribution in [0.4, 0.5) is 0 Å². The molecule has 2 aromatic rings. The average molecular weight is 401 g/mol. The summed E-state index contributed by atoms with van der Waals surface area (Å²) in [5.74, 6) is -0.890. The Balaban J connectivity index is 0.000000516. The van der Waals surface area contributed by atoms with E-state index in [1.807, 2.05) is 0 Å². The van der Waals surface area contributed by atoms with Gasteiger partial charge in [-0.3, -0.25) is 9.59 Å². The van der Waals surface area contributed by atoms with Crippen molar-refractivity contribution >= 4 is 11.8 Å². The standard InChI is InChI=1S/C18H18O4.C6H14O/c1-22-16(19)12-13-18(21,15-10-6-3-7-11-15)17(20)14-8-4-2-5-9-14;1-3-5-7-6-4-2/h2-11,21H,12-13H2,1H3;3-6H2,1-2H3. The predicted octanol–water partition coefficient (Wildman–Crippen LogP) is 4.53. The molecule has 0 fully saturated rings. The Hall–Kier alpha value is -2.50. The quantitative estimate of drug-likeness (QED) is 0.360. The highest BCUT2D eigenvalue weighted by Gasteiger charge is 2.38. The van der Waals surface area contributed by atoms with Crippen molar-refractivity contribution in [1.29, 1.82) is 0 Å². The highest BCUT2D eigenvalue weighted by Crippen LogP contribution is 2.30. The maximum absolute atomic E-state index is 12.8. The fourth-order valence-electron chi connectivity index (χ4n) is 2.71. The number of methoxy groups -OCH3 is 1. The largest absolute Gasteiger partial charge is 0.469 e. The fraction of sp³-hybridized carbons (Fsp3) is 0.417. The number of Topliss-reactive ketones (excluding diaryl/α,β-unsaturated/α-hetero) is 1. The Kier molecular flexibility index (Phi) is 11.5. The van der Waals surface area contributed by atoms with Crippen molar-refractivity contribution in [3.8, 4) is 0 Å². The predicted molar refractivity (Wildman–Crippen MR) is 114 cm³/mol. The first-order valence-electron chi connectivity index (χ1n) is 10.0. The molecule has 2 aromatic carbocycles. The van der Waals surface area contributed by atoms with Crippen LogP contribution in [0.2, 0.25) is 0 Å². The smallest absolute Gasteiger partial charge is 0.305 e. The van der Waals surface area contributed by atoms with Crippen molar-refractivity contribution < 1.29 is 24.2 Å². The number of hydrogen-bond donors (Lipinski definition) is 1. The Labute approximate surface area is 173 Å². The first kappa shape index (κ1) is 24.5. The lowest BCUT2D eigenvalue weighted by Gasteiger charge is -2.27. The van der Waals surface area contributed by atoms with Gasteiger partial charge in [0.1, 0.15) is 0 Å². The molecule has 0 radical (unpaired) electrons. The van der Waals surface area contributed by atoms with Crippen molar-refractivity contribution in [3.05, 3.63) is 71.8 Å². The van der Waals surface area contributed by atoms with Crippen molar-refractivity contribution in [2.75, 3.05) is 20.3 Å². The van der Waals surface area contributed by atoms with Gasteiger partial charge in [0.15, 0.2) is 11.4 Å². The van der Waals surface area contributed by atoms with Crippen LogP contribution in [-0.4, -0.2) is 37.2 Å². The molecule has 0 aliphatic heterocycles. The Morgan fingerprint density at radius 2 is 1.41 bits per heavy atom. The highest BCUT2D eigenvalue weighted by molar-refractivity contribution is 6.03. The minimum atomic E-state index is -1.75. The van der Waals surface area contributed by atoms with Crippen LogP contribution in [0.5, 0.6) is 0 Å². The number of esters is 1. The molecule has 0 amide bonds. The normalized spacial score (nSPS) is 12.3. The van der Waals surface area contributed by atoms with E-state index in [2.05, 4.69) is 18.6 Å². The molecular formula is C24H32O5. The summed E-state index contributed by atoms with van der Waals surface area (Å²) >= 11 is 0. The molecule has 0 saturated carbocycles. The third kappa shape index (κ3) is 8.18. The van der Waals surface area contributed by atoms with Gasteiger partial charge in [0.2, 0.25) is 0 Å². The van der Waals surface area contributed by atoms with Crippen LogP contribution in [0.15, 0.2) is 60.7 Å². The van der Waals surface area contributed by atoms with E-state index >= 15 is 0 Å². The lowest BCUT2D eigenvalue weighted by Crippen LogP contribution is -2.36. The zero-order chi connectivity index (χ0) is 21.5. The molecule has 1 unspecified atom stereocenters. The zero-order valence-corrected chi connectivity index (χ0v) is 17.6. The van der Waals surface area contributed by atoms with E-state index in [1.165, 1.54) is 7.11 Å².